The normalized spacial score (nSPS) is 16.2. The maximum Gasteiger partial charge on any atom is 0.0399 e. The molecular weight excluding hydrogens is 182 g/mol. The largest absolute Gasteiger partial charge is 0.384 e. The Labute approximate surface area is 92.9 Å². The quantitative estimate of drug-likeness (QED) is 0.787. The van der Waals surface area contributed by atoms with Crippen molar-refractivity contribution in [2.24, 2.45) is 5.92 Å². The summed E-state index contributed by atoms with van der Waals surface area (Å²) in [7, 11) is 0. The molecule has 0 saturated heterocycles. The van der Waals surface area contributed by atoms with Crippen molar-refractivity contribution in [1.82, 2.24) is 0 Å². The van der Waals surface area contributed by atoms with Gasteiger partial charge in [0.15, 0.2) is 0 Å². The van der Waals surface area contributed by atoms with E-state index in [2.05, 4.69) is 38.2 Å². The Morgan fingerprint density at radius 1 is 1.13 bits per heavy atom. The lowest BCUT2D eigenvalue weighted by molar-refractivity contribution is 0.333. The Morgan fingerprint density at radius 3 is 2.20 bits per heavy atom. The van der Waals surface area contributed by atoms with Crippen LogP contribution < -0.4 is 5.32 Å². The smallest absolute Gasteiger partial charge is 0.0399 e. The van der Waals surface area contributed by atoms with Crippen molar-refractivity contribution in [2.45, 2.75) is 40.0 Å². The molecule has 0 atom stereocenters. The van der Waals surface area contributed by atoms with Gasteiger partial charge in [0, 0.05) is 12.2 Å². The number of rotatable bonds is 3. The van der Waals surface area contributed by atoms with Gasteiger partial charge in [0.25, 0.3) is 0 Å². The van der Waals surface area contributed by atoms with Crippen LogP contribution in [-0.2, 0) is 0 Å². The van der Waals surface area contributed by atoms with Crippen LogP contribution in [0.5, 0.6) is 0 Å². The third kappa shape index (κ3) is 2.34. The number of aryl methyl sites for hydroxylation is 3. The molecule has 82 valence electrons. The molecule has 1 aromatic carbocycles. The average Bonchev–Trinajstić information content (AvgIpc) is 2.06. The minimum Gasteiger partial charge on any atom is -0.384 e. The van der Waals surface area contributed by atoms with E-state index in [0.717, 1.165) is 12.5 Å². The van der Waals surface area contributed by atoms with Gasteiger partial charge in [0.05, 0.1) is 0 Å². The van der Waals surface area contributed by atoms with Gasteiger partial charge in [-0.05, 0) is 50.7 Å². The molecule has 0 amide bonds. The Balaban J connectivity index is 2.05. The summed E-state index contributed by atoms with van der Waals surface area (Å²) in [6.07, 6.45) is 4.26. The molecule has 0 aliphatic heterocycles. The van der Waals surface area contributed by atoms with E-state index in [-0.39, 0.29) is 0 Å². The van der Waals surface area contributed by atoms with E-state index < -0.39 is 0 Å². The topological polar surface area (TPSA) is 12.0 Å². The Bertz CT molecular complexity index is 327. The molecule has 1 fully saturated rings. The van der Waals surface area contributed by atoms with Crippen LogP contribution in [0.15, 0.2) is 12.1 Å². The lowest BCUT2D eigenvalue weighted by atomic mass is 9.85. The van der Waals surface area contributed by atoms with Crippen LogP contribution >= 0.6 is 0 Å². The predicted molar refractivity (Wildman–Crippen MR) is 66.5 cm³/mol. The minimum atomic E-state index is 0.921. The number of anilines is 1. The van der Waals surface area contributed by atoms with Crippen molar-refractivity contribution in [2.75, 3.05) is 11.9 Å². The van der Waals surface area contributed by atoms with Crippen LogP contribution in [0.25, 0.3) is 0 Å². The molecule has 2 rings (SSSR count). The van der Waals surface area contributed by atoms with Gasteiger partial charge in [-0.2, -0.15) is 0 Å². The van der Waals surface area contributed by atoms with Crippen LogP contribution in [0.2, 0.25) is 0 Å². The summed E-state index contributed by atoms with van der Waals surface area (Å²) < 4.78 is 0. The molecule has 15 heavy (non-hydrogen) atoms. The second-order valence-corrected chi connectivity index (χ2v) is 4.95. The van der Waals surface area contributed by atoms with Crippen LogP contribution in [-0.4, -0.2) is 6.54 Å². The lowest BCUT2D eigenvalue weighted by Crippen LogP contribution is -2.21. The van der Waals surface area contributed by atoms with Gasteiger partial charge in [-0.25, -0.2) is 0 Å². The zero-order valence-electron chi connectivity index (χ0n) is 10.1. The van der Waals surface area contributed by atoms with Gasteiger partial charge in [-0.15, -0.1) is 0 Å². The van der Waals surface area contributed by atoms with E-state index in [4.69, 9.17) is 0 Å². The lowest BCUT2D eigenvalue weighted by Gasteiger charge is -2.27. The van der Waals surface area contributed by atoms with Crippen molar-refractivity contribution in [3.8, 4) is 0 Å². The number of hydrogen-bond acceptors (Lipinski definition) is 1. The van der Waals surface area contributed by atoms with Crippen molar-refractivity contribution >= 4 is 5.69 Å². The zero-order chi connectivity index (χ0) is 10.8. The molecule has 0 spiro atoms. The van der Waals surface area contributed by atoms with Gasteiger partial charge in [0.2, 0.25) is 0 Å². The summed E-state index contributed by atoms with van der Waals surface area (Å²) in [6, 6.07) is 4.52. The maximum atomic E-state index is 3.61. The Morgan fingerprint density at radius 2 is 1.73 bits per heavy atom. The van der Waals surface area contributed by atoms with E-state index in [0.29, 0.717) is 0 Å². The summed E-state index contributed by atoms with van der Waals surface area (Å²) in [6.45, 7) is 7.71. The van der Waals surface area contributed by atoms with Gasteiger partial charge in [-0.1, -0.05) is 24.1 Å². The Hall–Kier alpha value is -0.980. The zero-order valence-corrected chi connectivity index (χ0v) is 10.1. The summed E-state index contributed by atoms with van der Waals surface area (Å²) in [4.78, 5) is 0. The van der Waals surface area contributed by atoms with E-state index >= 15 is 0 Å². The van der Waals surface area contributed by atoms with E-state index in [1.54, 1.807) is 0 Å². The molecule has 0 aromatic heterocycles. The fourth-order valence-electron chi connectivity index (χ4n) is 2.40. The summed E-state index contributed by atoms with van der Waals surface area (Å²) in [5, 5.41) is 3.61. The minimum absolute atomic E-state index is 0.921. The van der Waals surface area contributed by atoms with Crippen molar-refractivity contribution in [1.29, 1.82) is 0 Å². The summed E-state index contributed by atoms with van der Waals surface area (Å²) in [5.41, 5.74) is 5.48. The van der Waals surface area contributed by atoms with Crippen LogP contribution in [0.1, 0.15) is 36.0 Å². The molecule has 1 aliphatic carbocycles. The van der Waals surface area contributed by atoms with Crippen molar-refractivity contribution < 1.29 is 0 Å². The van der Waals surface area contributed by atoms with Crippen LogP contribution in [0.4, 0.5) is 5.69 Å². The summed E-state index contributed by atoms with van der Waals surface area (Å²) >= 11 is 0. The highest BCUT2D eigenvalue weighted by Gasteiger charge is 2.17. The average molecular weight is 203 g/mol. The molecule has 1 N–H and O–H groups in total. The van der Waals surface area contributed by atoms with Crippen molar-refractivity contribution in [3.63, 3.8) is 0 Å². The van der Waals surface area contributed by atoms with Crippen LogP contribution in [0.3, 0.4) is 0 Å². The standard InChI is InChI=1S/C14H21N/c1-10-7-11(2)14(12(3)8-10)15-9-13-5-4-6-13/h7-8,13,15H,4-6,9H2,1-3H3. The molecule has 1 nitrogen and oxygen atoms in total. The first kappa shape index (κ1) is 10.5. The highest BCUT2D eigenvalue weighted by molar-refractivity contribution is 5.58. The Kier molecular flexibility index (Phi) is 2.99. The van der Waals surface area contributed by atoms with Gasteiger partial charge < -0.3 is 5.32 Å². The molecule has 0 heterocycles. The third-order valence-electron chi connectivity index (χ3n) is 3.47. The molecule has 1 aliphatic rings. The molecule has 0 unspecified atom stereocenters. The molecule has 0 radical (unpaired) electrons. The first-order valence-electron chi connectivity index (χ1n) is 5.98. The monoisotopic (exact) mass is 203 g/mol. The number of hydrogen-bond donors (Lipinski definition) is 1. The SMILES string of the molecule is Cc1cc(C)c(NCC2CCC2)c(C)c1. The molecule has 0 bridgehead atoms. The molecule has 1 heteroatoms. The van der Waals surface area contributed by atoms with E-state index in [1.165, 1.54) is 41.6 Å². The van der Waals surface area contributed by atoms with Gasteiger partial charge in [-0.3, -0.25) is 0 Å². The van der Waals surface area contributed by atoms with E-state index in [1.807, 2.05) is 0 Å². The van der Waals surface area contributed by atoms with Crippen LogP contribution in [0, 0.1) is 26.7 Å². The van der Waals surface area contributed by atoms with Gasteiger partial charge >= 0.3 is 0 Å². The fourth-order valence-corrected chi connectivity index (χ4v) is 2.40. The summed E-state index contributed by atoms with van der Waals surface area (Å²) in [5.74, 6) is 0.921. The highest BCUT2D eigenvalue weighted by Crippen LogP contribution is 2.28. The van der Waals surface area contributed by atoms with E-state index in [9.17, 15) is 0 Å². The molecular formula is C14H21N. The molecule has 1 saturated carbocycles. The maximum absolute atomic E-state index is 3.61. The second kappa shape index (κ2) is 4.26. The first-order chi connectivity index (χ1) is 7.16. The fraction of sp³-hybridized carbons (Fsp3) is 0.571. The predicted octanol–water partition coefficient (Wildman–Crippen LogP) is 3.82. The van der Waals surface area contributed by atoms with Gasteiger partial charge in [0.1, 0.15) is 0 Å². The number of benzene rings is 1. The molecule has 1 aromatic rings. The highest BCUT2D eigenvalue weighted by atomic mass is 14.9. The van der Waals surface area contributed by atoms with Crippen molar-refractivity contribution in [3.05, 3.63) is 28.8 Å². The first-order valence-corrected chi connectivity index (χ1v) is 5.98. The third-order valence-corrected chi connectivity index (χ3v) is 3.47. The second-order valence-electron chi connectivity index (χ2n) is 4.95. The number of nitrogens with one attached hydrogen (secondary N) is 1.